The van der Waals surface area contributed by atoms with Crippen molar-refractivity contribution in [1.29, 1.82) is 0 Å². The third kappa shape index (κ3) is 5.76. The molecule has 1 heterocycles. The lowest BCUT2D eigenvalue weighted by atomic mass is 9.98. The molecule has 0 radical (unpaired) electrons. The highest BCUT2D eigenvalue weighted by atomic mass is 19.1. The normalized spacial score (nSPS) is 29.3. The lowest BCUT2D eigenvalue weighted by Gasteiger charge is -2.41. The molecule has 0 amide bonds. The summed E-state index contributed by atoms with van der Waals surface area (Å²) < 4.78 is 38.7. The molecule has 0 N–H and O–H groups in total. The number of hydrogen-bond donors (Lipinski definition) is 0. The molecule has 0 saturated carbocycles. The quantitative estimate of drug-likeness (QED) is 0.500. The molecule has 24 heavy (non-hydrogen) atoms. The van der Waals surface area contributed by atoms with Crippen LogP contribution in [0.1, 0.15) is 27.7 Å². The van der Waals surface area contributed by atoms with Crippen molar-refractivity contribution in [3.8, 4) is 0 Å². The van der Waals surface area contributed by atoms with E-state index in [1.807, 2.05) is 0 Å². The van der Waals surface area contributed by atoms with Gasteiger partial charge in [-0.2, -0.15) is 0 Å². The van der Waals surface area contributed by atoms with Crippen molar-refractivity contribution in [3.63, 3.8) is 0 Å². The zero-order chi connectivity index (χ0) is 18.4. The highest BCUT2D eigenvalue weighted by Crippen LogP contribution is 2.29. The van der Waals surface area contributed by atoms with Gasteiger partial charge in [0.15, 0.2) is 18.3 Å². The number of carbonyl (C=O) groups is 4. The Hall–Kier alpha value is -2.23. The summed E-state index contributed by atoms with van der Waals surface area (Å²) in [6, 6.07) is 0. The summed E-state index contributed by atoms with van der Waals surface area (Å²) in [6.07, 6.45) is -7.85. The highest BCUT2D eigenvalue weighted by Gasteiger charge is 2.52. The molecule has 9 nitrogen and oxygen atoms in total. The lowest BCUT2D eigenvalue weighted by molar-refractivity contribution is -0.277. The van der Waals surface area contributed by atoms with Crippen LogP contribution in [0, 0.1) is 0 Å². The van der Waals surface area contributed by atoms with Crippen LogP contribution < -0.4 is 0 Å². The largest absolute Gasteiger partial charge is 0.463 e. The second-order valence-electron chi connectivity index (χ2n) is 5.05. The first-order chi connectivity index (χ1) is 11.1. The molecule has 0 aromatic rings. The van der Waals surface area contributed by atoms with E-state index in [0.29, 0.717) is 0 Å². The molecule has 0 aromatic heterocycles. The Kier molecular flexibility index (Phi) is 7.08. The summed E-state index contributed by atoms with van der Waals surface area (Å²) in [5, 5.41) is 0. The molecular weight excluding hydrogens is 331 g/mol. The maximum absolute atomic E-state index is 14.2. The molecule has 1 fully saturated rings. The Balaban J connectivity index is 3.11. The minimum Gasteiger partial charge on any atom is -0.463 e. The van der Waals surface area contributed by atoms with Gasteiger partial charge in [-0.3, -0.25) is 19.2 Å². The number of esters is 4. The van der Waals surface area contributed by atoms with Crippen LogP contribution in [0.15, 0.2) is 0 Å². The topological polar surface area (TPSA) is 114 Å². The average Bonchev–Trinajstić information content (AvgIpc) is 2.42. The summed E-state index contributed by atoms with van der Waals surface area (Å²) in [6.45, 7) is 3.85. The first-order valence-electron chi connectivity index (χ1n) is 7.06. The third-order valence-electron chi connectivity index (χ3n) is 2.93. The minimum absolute atomic E-state index is 0.446. The van der Waals surface area contributed by atoms with Crippen LogP contribution in [0.2, 0.25) is 0 Å². The van der Waals surface area contributed by atoms with Gasteiger partial charge in [0, 0.05) is 27.7 Å². The SMILES string of the molecule is CC(=O)OC[C@@H]1O[C@H](F)[C@H](OC(C)=O)[C@H](OC(C)=O)[C@H]1OC(C)=O. The Morgan fingerprint density at radius 1 is 0.792 bits per heavy atom. The number of carbonyl (C=O) groups excluding carboxylic acids is 4. The fraction of sp³-hybridized carbons (Fsp3) is 0.714. The van der Waals surface area contributed by atoms with Gasteiger partial charge in [-0.25, -0.2) is 4.39 Å². The van der Waals surface area contributed by atoms with Crippen molar-refractivity contribution in [3.05, 3.63) is 0 Å². The van der Waals surface area contributed by atoms with Gasteiger partial charge in [-0.05, 0) is 0 Å². The first kappa shape index (κ1) is 19.8. The Bertz CT molecular complexity index is 506. The van der Waals surface area contributed by atoms with Crippen LogP contribution >= 0.6 is 0 Å². The number of ether oxygens (including phenoxy) is 5. The standard InChI is InChI=1S/C14H19FO9/c1-6(16)20-5-10-11(21-7(2)17)12(22-8(3)18)13(14(15)24-10)23-9(4)19/h10-14H,5H2,1-4H3/t10-,11-,12+,13+,14-/m0/s1. The van der Waals surface area contributed by atoms with E-state index in [1.54, 1.807) is 0 Å². The predicted octanol–water partition coefficient (Wildman–Crippen LogP) is 0.0390. The molecule has 0 spiro atoms. The van der Waals surface area contributed by atoms with E-state index < -0.39 is 61.3 Å². The van der Waals surface area contributed by atoms with Gasteiger partial charge in [-0.15, -0.1) is 0 Å². The van der Waals surface area contributed by atoms with Crippen LogP contribution in [0.25, 0.3) is 0 Å². The monoisotopic (exact) mass is 350 g/mol. The van der Waals surface area contributed by atoms with Gasteiger partial charge in [0.25, 0.3) is 0 Å². The molecule has 10 heteroatoms. The summed E-state index contributed by atoms with van der Waals surface area (Å²) in [4.78, 5) is 44.7. The summed E-state index contributed by atoms with van der Waals surface area (Å²) in [5.74, 6) is -3.09. The van der Waals surface area contributed by atoms with Crippen LogP contribution in [-0.2, 0) is 42.9 Å². The highest BCUT2D eigenvalue weighted by molar-refractivity contribution is 5.68. The Morgan fingerprint density at radius 3 is 1.71 bits per heavy atom. The zero-order valence-corrected chi connectivity index (χ0v) is 13.6. The molecule has 1 saturated heterocycles. The van der Waals surface area contributed by atoms with E-state index >= 15 is 0 Å². The number of hydrogen-bond acceptors (Lipinski definition) is 9. The second-order valence-corrected chi connectivity index (χ2v) is 5.05. The van der Waals surface area contributed by atoms with Crippen molar-refractivity contribution >= 4 is 23.9 Å². The Labute approximate surface area is 137 Å². The Morgan fingerprint density at radius 2 is 1.25 bits per heavy atom. The van der Waals surface area contributed by atoms with Crippen molar-refractivity contribution in [2.75, 3.05) is 6.61 Å². The second kappa shape index (κ2) is 8.57. The molecule has 0 aliphatic carbocycles. The van der Waals surface area contributed by atoms with E-state index in [9.17, 15) is 23.6 Å². The lowest BCUT2D eigenvalue weighted by Crippen LogP contribution is -2.61. The summed E-state index contributed by atoms with van der Waals surface area (Å²) in [7, 11) is 0. The first-order valence-corrected chi connectivity index (χ1v) is 7.06. The smallest absolute Gasteiger partial charge is 0.303 e. The molecule has 1 aliphatic rings. The average molecular weight is 350 g/mol. The zero-order valence-electron chi connectivity index (χ0n) is 13.6. The maximum atomic E-state index is 14.2. The third-order valence-corrected chi connectivity index (χ3v) is 2.93. The molecule has 5 atom stereocenters. The van der Waals surface area contributed by atoms with E-state index in [1.165, 1.54) is 0 Å². The van der Waals surface area contributed by atoms with Crippen LogP contribution in [0.5, 0.6) is 0 Å². The number of rotatable bonds is 5. The molecule has 0 bridgehead atoms. The number of halogens is 1. The molecular formula is C14H19FO9. The number of alkyl halides is 1. The van der Waals surface area contributed by atoms with Gasteiger partial charge < -0.3 is 23.7 Å². The van der Waals surface area contributed by atoms with Gasteiger partial charge >= 0.3 is 23.9 Å². The molecule has 0 unspecified atom stereocenters. The fourth-order valence-corrected chi connectivity index (χ4v) is 2.18. The van der Waals surface area contributed by atoms with E-state index in [-0.39, 0.29) is 0 Å². The van der Waals surface area contributed by atoms with Gasteiger partial charge in [0.2, 0.25) is 6.36 Å². The van der Waals surface area contributed by atoms with Crippen LogP contribution in [0.4, 0.5) is 4.39 Å². The minimum atomic E-state index is -2.18. The van der Waals surface area contributed by atoms with Gasteiger partial charge in [-0.1, -0.05) is 0 Å². The van der Waals surface area contributed by atoms with E-state index in [0.717, 1.165) is 27.7 Å². The van der Waals surface area contributed by atoms with Crippen molar-refractivity contribution < 1.29 is 47.3 Å². The van der Waals surface area contributed by atoms with Crippen molar-refractivity contribution in [2.24, 2.45) is 0 Å². The molecule has 1 rings (SSSR count). The molecule has 136 valence electrons. The molecule has 0 aromatic carbocycles. The maximum Gasteiger partial charge on any atom is 0.303 e. The molecule has 1 aliphatic heterocycles. The predicted molar refractivity (Wildman–Crippen MR) is 73.1 cm³/mol. The fourth-order valence-electron chi connectivity index (χ4n) is 2.18. The van der Waals surface area contributed by atoms with Gasteiger partial charge in [0.1, 0.15) is 12.7 Å². The van der Waals surface area contributed by atoms with E-state index in [4.69, 9.17) is 23.7 Å². The van der Waals surface area contributed by atoms with Crippen molar-refractivity contribution in [2.45, 2.75) is 58.5 Å². The van der Waals surface area contributed by atoms with E-state index in [2.05, 4.69) is 0 Å². The summed E-state index contributed by atoms with van der Waals surface area (Å²) in [5.41, 5.74) is 0. The van der Waals surface area contributed by atoms with Crippen LogP contribution in [-0.4, -0.2) is 61.3 Å². The summed E-state index contributed by atoms with van der Waals surface area (Å²) >= 11 is 0. The van der Waals surface area contributed by atoms with Crippen molar-refractivity contribution in [1.82, 2.24) is 0 Å². The van der Waals surface area contributed by atoms with Crippen LogP contribution in [0.3, 0.4) is 0 Å². The van der Waals surface area contributed by atoms with Gasteiger partial charge in [0.05, 0.1) is 0 Å².